The van der Waals surface area contributed by atoms with Gasteiger partial charge in [0.15, 0.2) is 0 Å². The van der Waals surface area contributed by atoms with Crippen LogP contribution in [0.2, 0.25) is 0 Å². The Morgan fingerprint density at radius 3 is 2.04 bits per heavy atom. The lowest BCUT2D eigenvalue weighted by Gasteiger charge is -2.46. The molecule has 0 amide bonds. The monoisotopic (exact) mass is 337 g/mol. The van der Waals surface area contributed by atoms with Gasteiger partial charge in [0.1, 0.15) is 0 Å². The average Bonchev–Trinajstić information content (AvgIpc) is 3.06. The molecule has 2 atom stereocenters. The van der Waals surface area contributed by atoms with E-state index in [-0.39, 0.29) is 5.60 Å². The first kappa shape index (κ1) is 18.6. The summed E-state index contributed by atoms with van der Waals surface area (Å²) in [5.74, 6) is 0. The summed E-state index contributed by atoms with van der Waals surface area (Å²) in [7, 11) is 0. The molecule has 0 unspecified atom stereocenters. The van der Waals surface area contributed by atoms with Gasteiger partial charge in [0.05, 0.1) is 12.2 Å². The largest absolute Gasteiger partial charge is 0.375 e. The molecule has 0 aromatic rings. The van der Waals surface area contributed by atoms with Gasteiger partial charge in [-0.15, -0.1) is 0 Å². The van der Waals surface area contributed by atoms with E-state index in [1.165, 1.54) is 45.4 Å². The van der Waals surface area contributed by atoms with Crippen LogP contribution in [0.5, 0.6) is 0 Å². The van der Waals surface area contributed by atoms with Crippen LogP contribution in [0.15, 0.2) is 0 Å². The molecule has 3 saturated heterocycles. The third-order valence-electron chi connectivity index (χ3n) is 6.11. The Kier molecular flexibility index (Phi) is 5.33. The van der Waals surface area contributed by atoms with Crippen molar-refractivity contribution in [3.63, 3.8) is 0 Å². The highest BCUT2D eigenvalue weighted by Crippen LogP contribution is 2.38. The zero-order chi connectivity index (χ0) is 17.5. The molecule has 3 rings (SSSR count). The molecule has 3 fully saturated rings. The SMILES string of the molecule is CC(C)(C)OCCN1CCC(N2C[C@H]3C[C@@H]2CN3C(C)(C)C)CC1. The fourth-order valence-electron chi connectivity index (χ4n) is 4.92. The molecule has 0 spiro atoms. The Labute approximate surface area is 149 Å². The summed E-state index contributed by atoms with van der Waals surface area (Å²) in [6.45, 7) is 20.6. The first-order valence-corrected chi connectivity index (χ1v) is 10.0. The maximum atomic E-state index is 5.88. The molecule has 0 N–H and O–H groups in total. The zero-order valence-corrected chi connectivity index (χ0v) is 16.8. The summed E-state index contributed by atoms with van der Waals surface area (Å²) in [5.41, 5.74) is 0.327. The molecular formula is C20H39N3O. The number of rotatable bonds is 4. The smallest absolute Gasteiger partial charge is 0.0600 e. The summed E-state index contributed by atoms with van der Waals surface area (Å²) in [6, 6.07) is 2.44. The van der Waals surface area contributed by atoms with Crippen LogP contribution in [0.1, 0.15) is 60.8 Å². The summed E-state index contributed by atoms with van der Waals surface area (Å²) < 4.78 is 5.88. The van der Waals surface area contributed by atoms with Gasteiger partial charge in [-0.1, -0.05) is 0 Å². The van der Waals surface area contributed by atoms with Crippen molar-refractivity contribution in [2.75, 3.05) is 39.3 Å². The maximum absolute atomic E-state index is 5.88. The standard InChI is InChI=1S/C20H39N3O/c1-19(2,3)23-15-17-13-18(23)14-22(17)16-7-9-21(10-8-16)11-12-24-20(4,5)6/h16-18H,7-15H2,1-6H3/t17-,18-/m1/s1. The van der Waals surface area contributed by atoms with Crippen LogP contribution in [-0.2, 0) is 4.74 Å². The van der Waals surface area contributed by atoms with Crippen molar-refractivity contribution in [2.24, 2.45) is 0 Å². The van der Waals surface area contributed by atoms with Gasteiger partial charge in [-0.05, 0) is 73.9 Å². The van der Waals surface area contributed by atoms with Crippen LogP contribution < -0.4 is 0 Å². The minimum Gasteiger partial charge on any atom is -0.375 e. The molecule has 24 heavy (non-hydrogen) atoms. The van der Waals surface area contributed by atoms with Crippen molar-refractivity contribution in [3.8, 4) is 0 Å². The van der Waals surface area contributed by atoms with Crippen LogP contribution in [0.4, 0.5) is 0 Å². The fourth-order valence-corrected chi connectivity index (χ4v) is 4.92. The number of likely N-dealkylation sites (tertiary alicyclic amines) is 3. The highest BCUT2D eigenvalue weighted by Gasteiger charge is 2.48. The van der Waals surface area contributed by atoms with Gasteiger partial charge in [0.25, 0.3) is 0 Å². The minimum atomic E-state index is -0.00790. The van der Waals surface area contributed by atoms with Gasteiger partial charge < -0.3 is 9.64 Å². The quantitative estimate of drug-likeness (QED) is 0.785. The Hall–Kier alpha value is -0.160. The van der Waals surface area contributed by atoms with Gasteiger partial charge in [-0.25, -0.2) is 0 Å². The van der Waals surface area contributed by atoms with E-state index < -0.39 is 0 Å². The average molecular weight is 338 g/mol. The lowest BCUT2D eigenvalue weighted by atomic mass is 10.0. The summed E-state index contributed by atoms with van der Waals surface area (Å²) in [5, 5.41) is 0. The normalized spacial score (nSPS) is 31.2. The topological polar surface area (TPSA) is 19.0 Å². The maximum Gasteiger partial charge on any atom is 0.0600 e. The molecule has 0 aromatic heterocycles. The lowest BCUT2D eigenvalue weighted by Crippen LogP contribution is -2.57. The second-order valence-corrected chi connectivity index (χ2v) is 10.1. The van der Waals surface area contributed by atoms with Crippen molar-refractivity contribution >= 4 is 0 Å². The predicted octanol–water partition coefficient (Wildman–Crippen LogP) is 2.82. The van der Waals surface area contributed by atoms with Gasteiger partial charge >= 0.3 is 0 Å². The Morgan fingerprint density at radius 2 is 1.54 bits per heavy atom. The molecule has 4 heteroatoms. The number of hydrogen-bond donors (Lipinski definition) is 0. The number of piperidine rings is 1. The second kappa shape index (κ2) is 6.86. The molecule has 2 bridgehead atoms. The fraction of sp³-hybridized carbons (Fsp3) is 1.00. The van der Waals surface area contributed by atoms with Crippen LogP contribution in [0.3, 0.4) is 0 Å². The number of piperazine rings is 1. The third-order valence-corrected chi connectivity index (χ3v) is 6.11. The van der Waals surface area contributed by atoms with E-state index in [2.05, 4.69) is 56.2 Å². The van der Waals surface area contributed by atoms with Crippen molar-refractivity contribution in [1.29, 1.82) is 0 Å². The Bertz CT molecular complexity index is 418. The van der Waals surface area contributed by atoms with E-state index in [0.29, 0.717) is 5.54 Å². The molecule has 0 aliphatic carbocycles. The van der Waals surface area contributed by atoms with Gasteiger partial charge in [-0.2, -0.15) is 0 Å². The van der Waals surface area contributed by atoms with Crippen LogP contribution >= 0.6 is 0 Å². The molecule has 4 nitrogen and oxygen atoms in total. The van der Waals surface area contributed by atoms with E-state index in [9.17, 15) is 0 Å². The van der Waals surface area contributed by atoms with E-state index in [4.69, 9.17) is 4.74 Å². The van der Waals surface area contributed by atoms with E-state index >= 15 is 0 Å². The van der Waals surface area contributed by atoms with E-state index in [1.807, 2.05) is 0 Å². The van der Waals surface area contributed by atoms with Crippen LogP contribution in [0.25, 0.3) is 0 Å². The van der Waals surface area contributed by atoms with Crippen molar-refractivity contribution in [1.82, 2.24) is 14.7 Å². The van der Waals surface area contributed by atoms with E-state index in [0.717, 1.165) is 31.3 Å². The first-order valence-electron chi connectivity index (χ1n) is 10.0. The van der Waals surface area contributed by atoms with Crippen molar-refractivity contribution in [3.05, 3.63) is 0 Å². The molecule has 3 aliphatic heterocycles. The molecule has 140 valence electrons. The Morgan fingerprint density at radius 1 is 0.875 bits per heavy atom. The van der Waals surface area contributed by atoms with Gasteiger partial charge in [-0.3, -0.25) is 9.80 Å². The van der Waals surface area contributed by atoms with E-state index in [1.54, 1.807) is 0 Å². The number of fused-ring (bicyclic) bond motifs is 2. The van der Waals surface area contributed by atoms with Crippen LogP contribution in [-0.4, -0.2) is 83.3 Å². The number of ether oxygens (including phenoxy) is 1. The number of hydrogen-bond acceptors (Lipinski definition) is 4. The van der Waals surface area contributed by atoms with Crippen LogP contribution in [0, 0.1) is 0 Å². The molecule has 0 radical (unpaired) electrons. The highest BCUT2D eigenvalue weighted by molar-refractivity contribution is 5.05. The zero-order valence-electron chi connectivity index (χ0n) is 16.8. The van der Waals surface area contributed by atoms with Gasteiger partial charge in [0.2, 0.25) is 0 Å². The molecule has 0 aromatic carbocycles. The highest BCUT2D eigenvalue weighted by atomic mass is 16.5. The second-order valence-electron chi connectivity index (χ2n) is 10.1. The molecule has 0 saturated carbocycles. The molecule has 3 heterocycles. The summed E-state index contributed by atoms with van der Waals surface area (Å²) in [4.78, 5) is 8.20. The van der Waals surface area contributed by atoms with Gasteiger partial charge in [0, 0.05) is 43.3 Å². The minimum absolute atomic E-state index is 0.00790. The van der Waals surface area contributed by atoms with Crippen molar-refractivity contribution in [2.45, 2.75) is 90.1 Å². The Balaban J connectivity index is 1.41. The third kappa shape index (κ3) is 4.32. The lowest BCUT2D eigenvalue weighted by molar-refractivity contribution is -0.0209. The first-order chi connectivity index (χ1) is 11.1. The molecule has 3 aliphatic rings. The predicted molar refractivity (Wildman–Crippen MR) is 101 cm³/mol. The number of nitrogens with zero attached hydrogens (tertiary/aromatic N) is 3. The summed E-state index contributed by atoms with van der Waals surface area (Å²) >= 11 is 0. The molecular weight excluding hydrogens is 298 g/mol. The summed E-state index contributed by atoms with van der Waals surface area (Å²) in [6.07, 6.45) is 4.08. The van der Waals surface area contributed by atoms with Crippen molar-refractivity contribution < 1.29 is 4.74 Å².